The van der Waals surface area contributed by atoms with Gasteiger partial charge < -0.3 is 10.8 Å². The second-order valence-electron chi connectivity index (χ2n) is 5.93. The van der Waals surface area contributed by atoms with Crippen LogP contribution in [0.15, 0.2) is 58.7 Å². The highest BCUT2D eigenvalue weighted by molar-refractivity contribution is 8.14. The molecule has 1 aliphatic rings. The Balaban J connectivity index is 1.68. The van der Waals surface area contributed by atoms with Crippen LogP contribution in [0.5, 0.6) is 5.75 Å². The van der Waals surface area contributed by atoms with Crippen molar-refractivity contribution >= 4 is 46.3 Å². The number of carbonyl (C=O) groups is 2. The fraction of sp³-hybridized carbons (Fsp3) is 0.111. The van der Waals surface area contributed by atoms with Gasteiger partial charge in [-0.3, -0.25) is 19.7 Å². The summed E-state index contributed by atoms with van der Waals surface area (Å²) >= 11 is 0.894. The molecule has 148 valence electrons. The summed E-state index contributed by atoms with van der Waals surface area (Å²) < 4.78 is 0. The maximum atomic E-state index is 12.6. The molecular formula is C18H15N5O5S. The van der Waals surface area contributed by atoms with Crippen LogP contribution in [0.4, 0.5) is 11.4 Å². The number of phenolic OH excluding ortho intramolecular Hbond substituents is 1. The minimum atomic E-state index is -0.797. The first-order valence-corrected chi connectivity index (χ1v) is 9.16. The Morgan fingerprint density at radius 2 is 2.00 bits per heavy atom. The van der Waals surface area contributed by atoms with E-state index in [0.717, 1.165) is 16.7 Å². The molecule has 2 aromatic carbocycles. The van der Waals surface area contributed by atoms with E-state index < -0.39 is 22.0 Å². The van der Waals surface area contributed by atoms with Gasteiger partial charge in [0.1, 0.15) is 11.0 Å². The maximum absolute atomic E-state index is 12.6. The number of nitro benzene ring substituents is 1. The summed E-state index contributed by atoms with van der Waals surface area (Å²) in [6, 6.07) is 11.6. The van der Waals surface area contributed by atoms with Crippen molar-refractivity contribution in [2.75, 3.05) is 4.90 Å². The fourth-order valence-electron chi connectivity index (χ4n) is 2.60. The van der Waals surface area contributed by atoms with E-state index in [1.807, 2.05) is 0 Å². The van der Waals surface area contributed by atoms with Gasteiger partial charge >= 0.3 is 0 Å². The van der Waals surface area contributed by atoms with Crippen molar-refractivity contribution in [2.24, 2.45) is 15.9 Å². The molecule has 3 N–H and O–H groups in total. The number of imide groups is 1. The van der Waals surface area contributed by atoms with Crippen LogP contribution >= 0.6 is 11.8 Å². The van der Waals surface area contributed by atoms with Crippen LogP contribution < -0.4 is 10.6 Å². The monoisotopic (exact) mass is 413 g/mol. The predicted octanol–water partition coefficient (Wildman–Crippen LogP) is 2.01. The third-order valence-corrected chi connectivity index (χ3v) is 4.90. The van der Waals surface area contributed by atoms with Crippen LogP contribution in [0.1, 0.15) is 12.0 Å². The lowest BCUT2D eigenvalue weighted by molar-refractivity contribution is -0.384. The lowest BCUT2D eigenvalue weighted by atomic mass is 10.2. The lowest BCUT2D eigenvalue weighted by Gasteiger charge is -2.14. The summed E-state index contributed by atoms with van der Waals surface area (Å²) in [7, 11) is 0. The SMILES string of the molecule is NC(=N/N=C/c1ccc(O)cc1)S[C@H]1CC(=O)N(c2cccc([N+](=O)[O-])c2)C1=O. The van der Waals surface area contributed by atoms with Gasteiger partial charge in [-0.2, -0.15) is 5.10 Å². The van der Waals surface area contributed by atoms with Gasteiger partial charge in [0, 0.05) is 18.6 Å². The second kappa shape index (κ2) is 8.52. The molecule has 3 rings (SSSR count). The number of thioether (sulfide) groups is 1. The Labute approximate surface area is 168 Å². The number of carbonyl (C=O) groups excluding carboxylic acids is 2. The Morgan fingerprint density at radius 3 is 2.69 bits per heavy atom. The number of amidine groups is 1. The van der Waals surface area contributed by atoms with Gasteiger partial charge in [0.15, 0.2) is 5.17 Å². The number of nitro groups is 1. The van der Waals surface area contributed by atoms with Crippen LogP contribution in [-0.2, 0) is 9.59 Å². The molecule has 1 aliphatic heterocycles. The van der Waals surface area contributed by atoms with Crippen molar-refractivity contribution in [3.05, 3.63) is 64.2 Å². The summed E-state index contributed by atoms with van der Waals surface area (Å²) in [5.41, 5.74) is 6.39. The molecule has 0 bridgehead atoms. The quantitative estimate of drug-likeness (QED) is 0.250. The first kappa shape index (κ1) is 20.0. The highest BCUT2D eigenvalue weighted by Crippen LogP contribution is 2.31. The van der Waals surface area contributed by atoms with E-state index >= 15 is 0 Å². The average Bonchev–Trinajstić information content (AvgIpc) is 2.96. The fourth-order valence-corrected chi connectivity index (χ4v) is 3.41. The molecule has 2 aromatic rings. The zero-order valence-corrected chi connectivity index (χ0v) is 15.7. The largest absolute Gasteiger partial charge is 0.508 e. The molecule has 0 spiro atoms. The molecule has 0 aromatic heterocycles. The average molecular weight is 413 g/mol. The number of anilines is 1. The summed E-state index contributed by atoms with van der Waals surface area (Å²) in [5.74, 6) is -0.881. The van der Waals surface area contributed by atoms with Crippen molar-refractivity contribution < 1.29 is 19.6 Å². The van der Waals surface area contributed by atoms with E-state index in [2.05, 4.69) is 10.2 Å². The van der Waals surface area contributed by atoms with Crippen LogP contribution in [0.3, 0.4) is 0 Å². The molecule has 2 amide bonds. The number of nitrogens with two attached hydrogens (primary N) is 1. The molecule has 11 heteroatoms. The molecular weight excluding hydrogens is 398 g/mol. The van der Waals surface area contributed by atoms with Crippen molar-refractivity contribution in [3.8, 4) is 5.75 Å². The Hall–Kier alpha value is -3.73. The summed E-state index contributed by atoms with van der Waals surface area (Å²) in [6.45, 7) is 0. The molecule has 1 fully saturated rings. The van der Waals surface area contributed by atoms with Gasteiger partial charge in [-0.15, -0.1) is 5.10 Å². The second-order valence-corrected chi connectivity index (χ2v) is 7.15. The Morgan fingerprint density at radius 1 is 1.28 bits per heavy atom. The van der Waals surface area contributed by atoms with Gasteiger partial charge in [0.2, 0.25) is 11.8 Å². The van der Waals surface area contributed by atoms with Gasteiger partial charge in [0.25, 0.3) is 5.69 Å². The molecule has 10 nitrogen and oxygen atoms in total. The van der Waals surface area contributed by atoms with E-state index in [0.29, 0.717) is 5.56 Å². The summed E-state index contributed by atoms with van der Waals surface area (Å²) in [4.78, 5) is 36.1. The Kier molecular flexibility index (Phi) is 5.88. The number of rotatable bonds is 5. The van der Waals surface area contributed by atoms with Crippen LogP contribution in [0, 0.1) is 10.1 Å². The molecule has 1 atom stereocenters. The van der Waals surface area contributed by atoms with Gasteiger partial charge in [-0.05, 0) is 35.9 Å². The van der Waals surface area contributed by atoms with E-state index in [4.69, 9.17) is 5.73 Å². The number of hydrogen-bond donors (Lipinski definition) is 2. The molecule has 0 unspecified atom stereocenters. The number of phenols is 1. The van der Waals surface area contributed by atoms with Gasteiger partial charge in [-0.25, -0.2) is 4.90 Å². The number of nitrogens with zero attached hydrogens (tertiary/aromatic N) is 4. The minimum absolute atomic E-state index is 0.00734. The first-order valence-electron chi connectivity index (χ1n) is 8.28. The normalized spacial score (nSPS) is 17.3. The van der Waals surface area contributed by atoms with Crippen molar-refractivity contribution in [2.45, 2.75) is 11.7 Å². The van der Waals surface area contributed by atoms with Crippen LogP contribution in [0.25, 0.3) is 0 Å². The summed E-state index contributed by atoms with van der Waals surface area (Å²) in [5, 5.41) is 27.0. The van der Waals surface area contributed by atoms with Crippen LogP contribution in [-0.4, -0.2) is 38.5 Å². The molecule has 0 aliphatic carbocycles. The first-order chi connectivity index (χ1) is 13.8. The maximum Gasteiger partial charge on any atom is 0.271 e. The topological polar surface area (TPSA) is 151 Å². The van der Waals surface area contributed by atoms with Crippen molar-refractivity contribution in [1.82, 2.24) is 0 Å². The lowest BCUT2D eigenvalue weighted by Crippen LogP contribution is -2.31. The van der Waals surface area contributed by atoms with E-state index in [1.165, 1.54) is 42.6 Å². The van der Waals surface area contributed by atoms with E-state index in [1.54, 1.807) is 12.1 Å². The molecule has 29 heavy (non-hydrogen) atoms. The number of amides is 2. The molecule has 0 radical (unpaired) electrons. The number of aromatic hydroxyl groups is 1. The highest BCUT2D eigenvalue weighted by Gasteiger charge is 2.41. The van der Waals surface area contributed by atoms with Crippen LogP contribution in [0.2, 0.25) is 0 Å². The number of benzene rings is 2. The summed E-state index contributed by atoms with van der Waals surface area (Å²) in [6.07, 6.45) is 1.31. The van der Waals surface area contributed by atoms with Gasteiger partial charge in [-0.1, -0.05) is 17.8 Å². The van der Waals surface area contributed by atoms with E-state index in [9.17, 15) is 24.8 Å². The van der Waals surface area contributed by atoms with Gasteiger partial charge in [0.05, 0.1) is 16.8 Å². The third kappa shape index (κ3) is 4.76. The molecule has 0 saturated carbocycles. The molecule has 1 heterocycles. The van der Waals surface area contributed by atoms with E-state index in [-0.39, 0.29) is 28.7 Å². The smallest absolute Gasteiger partial charge is 0.271 e. The molecule has 1 saturated heterocycles. The van der Waals surface area contributed by atoms with Crippen molar-refractivity contribution in [1.29, 1.82) is 0 Å². The van der Waals surface area contributed by atoms with Crippen molar-refractivity contribution in [3.63, 3.8) is 0 Å². The number of non-ortho nitro benzene ring substituents is 1. The third-order valence-electron chi connectivity index (χ3n) is 3.92. The highest BCUT2D eigenvalue weighted by atomic mass is 32.2. The zero-order valence-electron chi connectivity index (χ0n) is 14.8. The standard InChI is InChI=1S/C18H15N5O5S/c19-18(21-20-10-11-4-6-14(24)7-5-11)29-15-9-16(25)22(17(15)26)12-2-1-3-13(8-12)23(27)28/h1-8,10,15,24H,9H2,(H2,19,21)/b20-10+/t15-/m0/s1. The minimum Gasteiger partial charge on any atom is -0.508 e. The number of hydrogen-bond acceptors (Lipinski definition) is 8. The Bertz CT molecular complexity index is 1020. The zero-order chi connectivity index (χ0) is 21.0. The predicted molar refractivity (Wildman–Crippen MR) is 109 cm³/mol.